The molecule has 0 radical (unpaired) electrons. The van der Waals surface area contributed by atoms with Crippen LogP contribution in [0, 0.1) is 0 Å². The molecule has 3 N–H and O–H groups in total. The van der Waals surface area contributed by atoms with E-state index in [-0.39, 0.29) is 0 Å². The van der Waals surface area contributed by atoms with Gasteiger partial charge in [0.1, 0.15) is 0 Å². The monoisotopic (exact) mass is 326 g/mol. The molecule has 6 nitrogen and oxygen atoms in total. The van der Waals surface area contributed by atoms with Gasteiger partial charge in [0, 0.05) is 24.9 Å². The average molecular weight is 326 g/mol. The van der Waals surface area contributed by atoms with Gasteiger partial charge in [-0.2, -0.15) is 5.10 Å². The Morgan fingerprint density at radius 2 is 2.25 bits per heavy atom. The number of H-pyrrole nitrogens is 1. The Bertz CT molecular complexity index is 680. The van der Waals surface area contributed by atoms with Gasteiger partial charge < -0.3 is 0 Å². The summed E-state index contributed by atoms with van der Waals surface area (Å²) in [6.07, 6.45) is 10.2. The Kier molecular flexibility index (Phi) is 5.40. The molecule has 2 heterocycles. The van der Waals surface area contributed by atoms with Crippen molar-refractivity contribution in [2.75, 3.05) is 13.1 Å². The number of carbonyl (C=O) groups excluding carboxylic acids is 1. The molecule has 2 aromatic rings. The van der Waals surface area contributed by atoms with Crippen molar-refractivity contribution in [2.45, 2.75) is 25.3 Å². The van der Waals surface area contributed by atoms with Crippen LogP contribution in [0.2, 0.25) is 0 Å². The van der Waals surface area contributed by atoms with Crippen LogP contribution < -0.4 is 5.48 Å². The molecule has 6 heteroatoms. The van der Waals surface area contributed by atoms with Gasteiger partial charge in [-0.1, -0.05) is 24.3 Å². The first-order valence-corrected chi connectivity index (χ1v) is 8.20. The number of rotatable bonds is 6. The molecule has 1 aliphatic heterocycles. The molecule has 1 atom stereocenters. The Labute approximate surface area is 141 Å². The molecular weight excluding hydrogens is 304 g/mol. The van der Waals surface area contributed by atoms with Gasteiger partial charge in [-0.15, -0.1) is 0 Å². The summed E-state index contributed by atoms with van der Waals surface area (Å²) < 4.78 is 0. The highest BCUT2D eigenvalue weighted by atomic mass is 16.5. The lowest BCUT2D eigenvalue weighted by Gasteiger charge is -2.24. The minimum absolute atomic E-state index is 0.454. The van der Waals surface area contributed by atoms with Crippen LogP contribution in [0.5, 0.6) is 0 Å². The van der Waals surface area contributed by atoms with Crippen molar-refractivity contribution in [1.82, 2.24) is 20.6 Å². The van der Waals surface area contributed by atoms with Gasteiger partial charge in [0.25, 0.3) is 5.91 Å². The van der Waals surface area contributed by atoms with Gasteiger partial charge in [-0.3, -0.25) is 20.0 Å². The highest BCUT2D eigenvalue weighted by Gasteiger charge is 2.25. The van der Waals surface area contributed by atoms with E-state index in [9.17, 15) is 4.79 Å². The Balaban J connectivity index is 1.62. The summed E-state index contributed by atoms with van der Waals surface area (Å²) >= 11 is 0. The predicted octanol–water partition coefficient (Wildman–Crippen LogP) is 2.31. The zero-order valence-electron chi connectivity index (χ0n) is 13.5. The fraction of sp³-hybridized carbons (Fsp3) is 0.333. The maximum absolute atomic E-state index is 11.0. The van der Waals surface area contributed by atoms with Crippen LogP contribution in [-0.4, -0.2) is 39.3 Å². The second-order valence-electron chi connectivity index (χ2n) is 6.03. The standard InChI is InChI=1S/C18H22N4O2/c23-18(21-24)8-5-14-3-6-16(7-4-14)17-2-1-10-22(17)11-9-15-12-19-20-13-15/h3-8,12-13,17,24H,1-2,9-11H2,(H,19,20)(H,21,23). The second-order valence-corrected chi connectivity index (χ2v) is 6.03. The quantitative estimate of drug-likeness (QED) is 0.432. The Hall–Kier alpha value is -2.44. The van der Waals surface area contributed by atoms with Crippen LogP contribution in [0.3, 0.4) is 0 Å². The van der Waals surface area contributed by atoms with Gasteiger partial charge in [-0.25, -0.2) is 5.48 Å². The van der Waals surface area contributed by atoms with Crippen molar-refractivity contribution in [3.05, 3.63) is 59.4 Å². The molecule has 0 aliphatic carbocycles. The first kappa shape index (κ1) is 16.4. The number of nitrogens with zero attached hydrogens (tertiary/aromatic N) is 2. The lowest BCUT2D eigenvalue weighted by molar-refractivity contribution is -0.124. The van der Waals surface area contributed by atoms with Crippen molar-refractivity contribution < 1.29 is 10.0 Å². The molecule has 3 rings (SSSR count). The molecule has 1 fully saturated rings. The van der Waals surface area contributed by atoms with Crippen molar-refractivity contribution in [2.24, 2.45) is 0 Å². The largest absolute Gasteiger partial charge is 0.296 e. The van der Waals surface area contributed by atoms with E-state index < -0.39 is 5.91 Å². The van der Waals surface area contributed by atoms with E-state index in [1.54, 1.807) is 11.6 Å². The summed E-state index contributed by atoms with van der Waals surface area (Å²) in [6, 6.07) is 8.71. The van der Waals surface area contributed by atoms with Crippen molar-refractivity contribution in [1.29, 1.82) is 0 Å². The van der Waals surface area contributed by atoms with Crippen LogP contribution >= 0.6 is 0 Å². The molecule has 0 saturated carbocycles. The van der Waals surface area contributed by atoms with Crippen molar-refractivity contribution >= 4 is 12.0 Å². The van der Waals surface area contributed by atoms with Gasteiger partial charge in [0.15, 0.2) is 0 Å². The number of aromatic amines is 1. The number of carbonyl (C=O) groups is 1. The number of aromatic nitrogens is 2. The van der Waals surface area contributed by atoms with E-state index in [1.807, 2.05) is 24.5 Å². The van der Waals surface area contributed by atoms with E-state index in [1.165, 1.54) is 30.0 Å². The fourth-order valence-electron chi connectivity index (χ4n) is 3.20. The minimum atomic E-state index is -0.528. The molecule has 1 aliphatic rings. The highest BCUT2D eigenvalue weighted by Crippen LogP contribution is 2.32. The summed E-state index contributed by atoms with van der Waals surface area (Å²) in [5, 5.41) is 15.3. The van der Waals surface area contributed by atoms with Gasteiger partial charge in [-0.05, 0) is 48.6 Å². The molecule has 1 unspecified atom stereocenters. The van der Waals surface area contributed by atoms with E-state index >= 15 is 0 Å². The summed E-state index contributed by atoms with van der Waals surface area (Å²) in [6.45, 7) is 2.16. The third-order valence-electron chi connectivity index (χ3n) is 4.46. The highest BCUT2D eigenvalue weighted by molar-refractivity contribution is 5.90. The molecule has 0 spiro atoms. The molecule has 1 aromatic carbocycles. The van der Waals surface area contributed by atoms with E-state index in [2.05, 4.69) is 27.2 Å². The number of benzene rings is 1. The van der Waals surface area contributed by atoms with Crippen molar-refractivity contribution in [3.63, 3.8) is 0 Å². The molecule has 1 saturated heterocycles. The fourth-order valence-corrected chi connectivity index (χ4v) is 3.20. The summed E-state index contributed by atoms with van der Waals surface area (Å²) in [7, 11) is 0. The lowest BCUT2D eigenvalue weighted by Crippen LogP contribution is -2.25. The number of amides is 1. The average Bonchev–Trinajstić information content (AvgIpc) is 3.29. The molecule has 1 amide bonds. The van der Waals surface area contributed by atoms with Crippen LogP contribution in [0.1, 0.15) is 35.6 Å². The molecule has 1 aromatic heterocycles. The summed E-state index contributed by atoms with van der Waals surface area (Å²) in [5.74, 6) is -0.528. The number of hydrogen-bond donors (Lipinski definition) is 3. The van der Waals surface area contributed by atoms with Gasteiger partial charge in [0.05, 0.1) is 6.20 Å². The number of hydroxylamine groups is 1. The maximum Gasteiger partial charge on any atom is 0.267 e. The first-order chi connectivity index (χ1) is 11.8. The smallest absolute Gasteiger partial charge is 0.267 e. The second kappa shape index (κ2) is 7.90. The molecule has 0 bridgehead atoms. The zero-order chi connectivity index (χ0) is 16.8. The molecule has 24 heavy (non-hydrogen) atoms. The number of nitrogens with one attached hydrogen (secondary N) is 2. The maximum atomic E-state index is 11.0. The van der Waals surface area contributed by atoms with Crippen LogP contribution in [0.4, 0.5) is 0 Å². The van der Waals surface area contributed by atoms with E-state index in [4.69, 9.17) is 5.21 Å². The lowest BCUT2D eigenvalue weighted by atomic mass is 10.0. The van der Waals surface area contributed by atoms with Crippen LogP contribution in [-0.2, 0) is 11.2 Å². The molecular formula is C18H22N4O2. The SMILES string of the molecule is O=C(C=Cc1ccc(C2CCCN2CCc2cn[nH]c2)cc1)NO. The number of likely N-dealkylation sites (tertiary alicyclic amines) is 1. The normalized spacial score (nSPS) is 18.3. The molecule has 126 valence electrons. The minimum Gasteiger partial charge on any atom is -0.296 e. The summed E-state index contributed by atoms with van der Waals surface area (Å²) in [5.41, 5.74) is 5.07. The summed E-state index contributed by atoms with van der Waals surface area (Å²) in [4.78, 5) is 13.5. The van der Waals surface area contributed by atoms with Gasteiger partial charge >= 0.3 is 0 Å². The Morgan fingerprint density at radius 1 is 1.42 bits per heavy atom. The predicted molar refractivity (Wildman–Crippen MR) is 91.2 cm³/mol. The van der Waals surface area contributed by atoms with Crippen LogP contribution in [0.25, 0.3) is 6.08 Å². The third kappa shape index (κ3) is 4.10. The Morgan fingerprint density at radius 3 is 2.96 bits per heavy atom. The number of hydrogen-bond acceptors (Lipinski definition) is 4. The van der Waals surface area contributed by atoms with Crippen molar-refractivity contribution in [3.8, 4) is 0 Å². The van der Waals surface area contributed by atoms with E-state index in [0.717, 1.165) is 25.1 Å². The first-order valence-electron chi connectivity index (χ1n) is 8.20. The van der Waals surface area contributed by atoms with Gasteiger partial charge in [0.2, 0.25) is 0 Å². The van der Waals surface area contributed by atoms with E-state index in [0.29, 0.717) is 6.04 Å². The third-order valence-corrected chi connectivity index (χ3v) is 4.46. The topological polar surface area (TPSA) is 81.2 Å². The van der Waals surface area contributed by atoms with Crippen LogP contribution in [0.15, 0.2) is 42.7 Å². The zero-order valence-corrected chi connectivity index (χ0v) is 13.5.